The molecule has 0 radical (unpaired) electrons. The van der Waals surface area contributed by atoms with Gasteiger partial charge >= 0.3 is 0 Å². The molecule has 0 N–H and O–H groups in total. The van der Waals surface area contributed by atoms with E-state index in [1.54, 1.807) is 7.11 Å². The zero-order chi connectivity index (χ0) is 30.2. The van der Waals surface area contributed by atoms with Crippen molar-refractivity contribution in [1.29, 1.82) is 0 Å². The van der Waals surface area contributed by atoms with Gasteiger partial charge in [0.05, 0.1) is 7.11 Å². The molecule has 0 spiro atoms. The summed E-state index contributed by atoms with van der Waals surface area (Å²) in [4.78, 5) is 0. The molecule has 0 aromatic heterocycles. The highest BCUT2D eigenvalue weighted by molar-refractivity contribution is 6.30. The maximum Gasteiger partial charge on any atom is 0.118 e. The summed E-state index contributed by atoms with van der Waals surface area (Å²) in [5.41, 5.74) is 9.70. The van der Waals surface area contributed by atoms with Crippen molar-refractivity contribution in [1.82, 2.24) is 0 Å². The van der Waals surface area contributed by atoms with Crippen LogP contribution < -0.4 is 4.74 Å². The zero-order valence-corrected chi connectivity index (χ0v) is 24.7. The Labute approximate surface area is 259 Å². The molecule has 43 heavy (non-hydrogen) atoms. The first-order chi connectivity index (χ1) is 21.1. The summed E-state index contributed by atoms with van der Waals surface area (Å²) < 4.78 is 5.36. The third-order valence-electron chi connectivity index (χ3n) is 7.46. The van der Waals surface area contributed by atoms with Crippen LogP contribution in [0.4, 0.5) is 0 Å². The fourth-order valence-electron chi connectivity index (χ4n) is 5.39. The molecule has 206 valence electrons. The standard InChI is InChI=1S/C41H29ClO/c1-5-36(30-22-26-35(43-4)27-23-30)37(6-2)39-28-33(19-18-29-14-10-8-11-15-29)40(31-16-12-9-13-17-31)38(7-3)41(39)32-20-24-34(42)25-21-32/h1-3,8-17,20-28H,18-19H2,4H3. The van der Waals surface area contributed by atoms with E-state index in [1.807, 2.05) is 72.8 Å². The first-order valence-electron chi connectivity index (χ1n) is 13.9. The highest BCUT2D eigenvalue weighted by Gasteiger charge is 2.23. The van der Waals surface area contributed by atoms with Gasteiger partial charge in [-0.05, 0) is 71.0 Å². The molecular formula is C41H29ClO. The normalized spacial score (nSPS) is 11.0. The van der Waals surface area contributed by atoms with E-state index in [2.05, 4.69) is 60.2 Å². The SMILES string of the molecule is C#CC(=C(C#C)c1cc(CCc2ccccc2)c(-c2ccccc2)c(C#C)c1-c1ccc(Cl)cc1)c1ccc(OC)cc1. The third-order valence-corrected chi connectivity index (χ3v) is 7.71. The number of rotatable bonds is 8. The Morgan fingerprint density at radius 3 is 1.86 bits per heavy atom. The van der Waals surface area contributed by atoms with Crippen LogP contribution >= 0.6 is 11.6 Å². The molecule has 0 saturated carbocycles. The molecule has 0 unspecified atom stereocenters. The minimum atomic E-state index is 0.592. The van der Waals surface area contributed by atoms with E-state index in [0.717, 1.165) is 63.1 Å². The summed E-state index contributed by atoms with van der Waals surface area (Å²) in [6.45, 7) is 0. The van der Waals surface area contributed by atoms with Crippen molar-refractivity contribution in [2.75, 3.05) is 7.11 Å². The molecule has 5 aromatic rings. The topological polar surface area (TPSA) is 9.23 Å². The maximum atomic E-state index is 6.40. The highest BCUT2D eigenvalue weighted by atomic mass is 35.5. The fourth-order valence-corrected chi connectivity index (χ4v) is 5.52. The molecule has 0 aliphatic heterocycles. The second-order valence-corrected chi connectivity index (χ2v) is 10.4. The predicted octanol–water partition coefficient (Wildman–Crippen LogP) is 9.63. The number of ether oxygens (including phenoxy) is 1. The zero-order valence-electron chi connectivity index (χ0n) is 23.9. The molecule has 0 aliphatic carbocycles. The van der Waals surface area contributed by atoms with Gasteiger partial charge in [0.2, 0.25) is 0 Å². The largest absolute Gasteiger partial charge is 0.497 e. The quantitative estimate of drug-likeness (QED) is 0.133. The van der Waals surface area contributed by atoms with Gasteiger partial charge in [-0.2, -0.15) is 0 Å². The van der Waals surface area contributed by atoms with Crippen LogP contribution in [-0.2, 0) is 12.8 Å². The second-order valence-electron chi connectivity index (χ2n) is 9.98. The highest BCUT2D eigenvalue weighted by Crippen LogP contribution is 2.42. The number of halogens is 1. The van der Waals surface area contributed by atoms with Crippen LogP contribution in [0.25, 0.3) is 33.4 Å². The van der Waals surface area contributed by atoms with E-state index in [9.17, 15) is 0 Å². The third kappa shape index (κ3) is 6.27. The summed E-state index contributed by atoms with van der Waals surface area (Å²) in [6, 6.07) is 38.1. The van der Waals surface area contributed by atoms with Crippen molar-refractivity contribution in [3.05, 3.63) is 148 Å². The predicted molar refractivity (Wildman–Crippen MR) is 182 cm³/mol. The molecule has 0 fully saturated rings. The van der Waals surface area contributed by atoms with E-state index in [1.165, 1.54) is 5.56 Å². The minimum Gasteiger partial charge on any atom is -0.497 e. The van der Waals surface area contributed by atoms with Gasteiger partial charge in [0, 0.05) is 38.4 Å². The first-order valence-corrected chi connectivity index (χ1v) is 14.3. The number of allylic oxidation sites excluding steroid dienone is 2. The van der Waals surface area contributed by atoms with Crippen molar-refractivity contribution >= 4 is 22.7 Å². The van der Waals surface area contributed by atoms with Gasteiger partial charge in [-0.1, -0.05) is 114 Å². The van der Waals surface area contributed by atoms with Crippen LogP contribution in [0, 0.1) is 37.0 Å². The summed E-state index contributed by atoms with van der Waals surface area (Å²) >= 11 is 6.31. The van der Waals surface area contributed by atoms with E-state index in [0.29, 0.717) is 16.2 Å². The van der Waals surface area contributed by atoms with E-state index in [4.69, 9.17) is 35.6 Å². The second kappa shape index (κ2) is 13.5. The number of hydrogen-bond acceptors (Lipinski definition) is 1. The maximum absolute atomic E-state index is 6.40. The molecule has 0 atom stereocenters. The Bertz CT molecular complexity index is 1890. The van der Waals surface area contributed by atoms with Crippen molar-refractivity contribution in [3.8, 4) is 65.0 Å². The van der Waals surface area contributed by atoms with Crippen LogP contribution in [0.2, 0.25) is 5.02 Å². The van der Waals surface area contributed by atoms with Crippen LogP contribution in [-0.4, -0.2) is 7.11 Å². The molecule has 1 nitrogen and oxygen atoms in total. The lowest BCUT2D eigenvalue weighted by Crippen LogP contribution is -2.04. The van der Waals surface area contributed by atoms with Crippen LogP contribution in [0.15, 0.2) is 115 Å². The minimum absolute atomic E-state index is 0.592. The Balaban J connectivity index is 1.86. The molecule has 2 heteroatoms. The Kier molecular flexibility index (Phi) is 9.15. The molecular weight excluding hydrogens is 544 g/mol. The molecule has 5 rings (SSSR count). The molecule has 0 aliphatic rings. The van der Waals surface area contributed by atoms with Gasteiger partial charge in [0.25, 0.3) is 0 Å². The van der Waals surface area contributed by atoms with E-state index >= 15 is 0 Å². The van der Waals surface area contributed by atoms with Crippen molar-refractivity contribution in [2.45, 2.75) is 12.8 Å². The number of hydrogen-bond donors (Lipinski definition) is 0. The summed E-state index contributed by atoms with van der Waals surface area (Å²) in [5.74, 6) is 9.60. The number of methoxy groups -OCH3 is 1. The molecule has 0 amide bonds. The van der Waals surface area contributed by atoms with E-state index < -0.39 is 0 Å². The summed E-state index contributed by atoms with van der Waals surface area (Å²) in [7, 11) is 1.63. The van der Waals surface area contributed by atoms with Gasteiger partial charge in [-0.25, -0.2) is 0 Å². The van der Waals surface area contributed by atoms with Crippen molar-refractivity contribution in [3.63, 3.8) is 0 Å². The monoisotopic (exact) mass is 572 g/mol. The van der Waals surface area contributed by atoms with Crippen LogP contribution in [0.5, 0.6) is 5.75 Å². The first kappa shape index (κ1) is 29.1. The Morgan fingerprint density at radius 1 is 0.674 bits per heavy atom. The molecule has 0 bridgehead atoms. The van der Waals surface area contributed by atoms with Crippen molar-refractivity contribution in [2.24, 2.45) is 0 Å². The lowest BCUT2D eigenvalue weighted by molar-refractivity contribution is 0.415. The lowest BCUT2D eigenvalue weighted by atomic mass is 9.80. The van der Waals surface area contributed by atoms with Crippen LogP contribution in [0.1, 0.15) is 27.8 Å². The summed E-state index contributed by atoms with van der Waals surface area (Å²) in [6.07, 6.45) is 20.5. The van der Waals surface area contributed by atoms with Gasteiger partial charge < -0.3 is 4.74 Å². The van der Waals surface area contributed by atoms with Gasteiger partial charge in [-0.3, -0.25) is 0 Å². The van der Waals surface area contributed by atoms with Gasteiger partial charge in [-0.15, -0.1) is 19.3 Å². The summed E-state index contributed by atoms with van der Waals surface area (Å²) in [5, 5.41) is 0.630. The molecule has 0 heterocycles. The number of terminal acetylenes is 3. The molecule has 5 aromatic carbocycles. The number of aryl methyl sites for hydroxylation is 2. The Morgan fingerprint density at radius 2 is 1.28 bits per heavy atom. The fraction of sp³-hybridized carbons (Fsp3) is 0.0732. The van der Waals surface area contributed by atoms with Gasteiger partial charge in [0.1, 0.15) is 5.75 Å². The lowest BCUT2D eigenvalue weighted by Gasteiger charge is -2.22. The van der Waals surface area contributed by atoms with Crippen LogP contribution in [0.3, 0.4) is 0 Å². The average Bonchev–Trinajstić information content (AvgIpc) is 3.07. The Hall–Kier alpha value is -5.39. The van der Waals surface area contributed by atoms with Gasteiger partial charge in [0.15, 0.2) is 0 Å². The average molecular weight is 573 g/mol. The number of benzene rings is 5. The molecule has 0 saturated heterocycles. The van der Waals surface area contributed by atoms with Crippen molar-refractivity contribution < 1.29 is 4.74 Å². The van der Waals surface area contributed by atoms with E-state index in [-0.39, 0.29) is 0 Å². The smallest absolute Gasteiger partial charge is 0.118 e.